The van der Waals surface area contributed by atoms with Crippen molar-refractivity contribution in [2.45, 2.75) is 26.8 Å². The minimum Gasteiger partial charge on any atom is -0.486 e. The summed E-state index contributed by atoms with van der Waals surface area (Å²) >= 11 is 0. The molecule has 1 aliphatic rings. The first kappa shape index (κ1) is 22.7. The minimum absolute atomic E-state index is 0.136. The molecule has 5 rings (SSSR count). The van der Waals surface area contributed by atoms with Gasteiger partial charge in [0.25, 0.3) is 5.91 Å². The third-order valence-corrected chi connectivity index (χ3v) is 5.96. The molecule has 7 heteroatoms. The molecule has 178 valence electrons. The Hall–Kier alpha value is -4.13. The van der Waals surface area contributed by atoms with E-state index in [-0.39, 0.29) is 11.9 Å². The van der Waals surface area contributed by atoms with Crippen molar-refractivity contribution in [3.05, 3.63) is 83.7 Å². The third-order valence-electron chi connectivity index (χ3n) is 5.96. The lowest BCUT2D eigenvalue weighted by Gasteiger charge is -2.25. The number of hydrogen-bond donors (Lipinski definition) is 0. The molecular weight excluding hydrogens is 440 g/mol. The van der Waals surface area contributed by atoms with Crippen molar-refractivity contribution in [1.29, 1.82) is 0 Å². The summed E-state index contributed by atoms with van der Waals surface area (Å²) in [5.41, 5.74) is 3.80. The Balaban J connectivity index is 1.52. The lowest BCUT2D eigenvalue weighted by atomic mass is 10.1. The van der Waals surface area contributed by atoms with Crippen LogP contribution in [0.25, 0.3) is 17.1 Å². The second-order valence-corrected chi connectivity index (χ2v) is 8.77. The van der Waals surface area contributed by atoms with Gasteiger partial charge < -0.3 is 14.4 Å². The fourth-order valence-corrected chi connectivity index (χ4v) is 4.17. The van der Waals surface area contributed by atoms with Crippen LogP contribution in [0, 0.1) is 6.92 Å². The number of aromatic nitrogens is 3. The monoisotopic (exact) mass is 468 g/mol. The number of hydrogen-bond acceptors (Lipinski definition) is 5. The quantitative estimate of drug-likeness (QED) is 0.376. The number of amides is 1. The normalized spacial score (nSPS) is 13.0. The highest BCUT2D eigenvalue weighted by Gasteiger charge is 2.23. The van der Waals surface area contributed by atoms with Gasteiger partial charge in [0.15, 0.2) is 17.1 Å². The molecule has 2 aromatic carbocycles. The Bertz CT molecular complexity index is 1390. The molecule has 0 saturated carbocycles. The minimum atomic E-state index is -0.136. The lowest BCUT2D eigenvalue weighted by Crippen LogP contribution is -2.32. The number of ether oxygens (including phenoxy) is 2. The molecule has 0 atom stereocenters. The summed E-state index contributed by atoms with van der Waals surface area (Å²) in [4.78, 5) is 20.4. The molecule has 0 bridgehead atoms. The van der Waals surface area contributed by atoms with Crippen LogP contribution >= 0.6 is 0 Å². The fourth-order valence-electron chi connectivity index (χ4n) is 4.17. The van der Waals surface area contributed by atoms with E-state index in [1.165, 1.54) is 0 Å². The Morgan fingerprint density at radius 1 is 1.09 bits per heavy atom. The van der Waals surface area contributed by atoms with Crippen LogP contribution in [-0.4, -0.2) is 40.4 Å². The van der Waals surface area contributed by atoms with Gasteiger partial charge >= 0.3 is 0 Å². The first-order valence-corrected chi connectivity index (χ1v) is 11.8. The summed E-state index contributed by atoms with van der Waals surface area (Å²) in [6.07, 6.45) is 5.77. The Kier molecular flexibility index (Phi) is 6.23. The zero-order valence-electron chi connectivity index (χ0n) is 20.1. The van der Waals surface area contributed by atoms with E-state index in [1.807, 2.05) is 78.4 Å². The number of carbonyl (C=O) groups is 1. The highest BCUT2D eigenvalue weighted by molar-refractivity contribution is 6.08. The summed E-state index contributed by atoms with van der Waals surface area (Å²) in [7, 11) is 0. The molecule has 0 saturated heterocycles. The Morgan fingerprint density at radius 2 is 1.86 bits per heavy atom. The van der Waals surface area contributed by atoms with E-state index in [9.17, 15) is 4.79 Å². The van der Waals surface area contributed by atoms with Gasteiger partial charge in [0.2, 0.25) is 0 Å². The van der Waals surface area contributed by atoms with E-state index < -0.39 is 0 Å². The van der Waals surface area contributed by atoms with Gasteiger partial charge in [-0.3, -0.25) is 4.79 Å². The van der Waals surface area contributed by atoms with Gasteiger partial charge in [0, 0.05) is 29.7 Å². The van der Waals surface area contributed by atoms with Crippen molar-refractivity contribution in [1.82, 2.24) is 14.8 Å². The second kappa shape index (κ2) is 9.62. The molecule has 3 heterocycles. The summed E-state index contributed by atoms with van der Waals surface area (Å²) in [5.74, 6) is 1.19. The number of carbonyl (C=O) groups excluding carboxylic acids is 1. The largest absolute Gasteiger partial charge is 0.486 e. The summed E-state index contributed by atoms with van der Waals surface area (Å²) in [6, 6.07) is 17.7. The van der Waals surface area contributed by atoms with Crippen LogP contribution in [0.1, 0.15) is 41.5 Å². The number of anilines is 1. The van der Waals surface area contributed by atoms with Crippen LogP contribution < -0.4 is 14.4 Å². The number of aryl methyl sites for hydroxylation is 1. The molecule has 0 spiro atoms. The highest BCUT2D eigenvalue weighted by Crippen LogP contribution is 2.35. The Morgan fingerprint density at radius 3 is 2.63 bits per heavy atom. The maximum atomic E-state index is 13.9. The van der Waals surface area contributed by atoms with Gasteiger partial charge in [-0.15, -0.1) is 0 Å². The molecule has 4 aromatic rings. The van der Waals surface area contributed by atoms with E-state index >= 15 is 0 Å². The molecule has 2 aromatic heterocycles. The predicted octanol–water partition coefficient (Wildman–Crippen LogP) is 5.45. The van der Waals surface area contributed by atoms with Crippen molar-refractivity contribution in [3.8, 4) is 11.5 Å². The Labute approximate surface area is 204 Å². The van der Waals surface area contributed by atoms with Crippen LogP contribution in [0.5, 0.6) is 11.5 Å². The van der Waals surface area contributed by atoms with E-state index in [0.29, 0.717) is 42.5 Å². The van der Waals surface area contributed by atoms with Crippen molar-refractivity contribution in [2.24, 2.45) is 0 Å². The maximum Gasteiger partial charge on any atom is 0.260 e. The second-order valence-electron chi connectivity index (χ2n) is 8.77. The van der Waals surface area contributed by atoms with Crippen molar-refractivity contribution < 1.29 is 14.3 Å². The molecule has 0 radical (unpaired) electrons. The molecule has 0 unspecified atom stereocenters. The maximum absolute atomic E-state index is 13.9. The molecule has 35 heavy (non-hydrogen) atoms. The number of fused-ring (bicyclic) bond motifs is 2. The predicted molar refractivity (Wildman–Crippen MR) is 137 cm³/mol. The average Bonchev–Trinajstić information content (AvgIpc) is 3.29. The van der Waals surface area contributed by atoms with Crippen LogP contribution in [0.3, 0.4) is 0 Å². The van der Waals surface area contributed by atoms with Crippen LogP contribution in [0.4, 0.5) is 5.69 Å². The van der Waals surface area contributed by atoms with Crippen molar-refractivity contribution in [2.75, 3.05) is 24.7 Å². The van der Waals surface area contributed by atoms with Gasteiger partial charge in [-0.05, 0) is 44.5 Å². The van der Waals surface area contributed by atoms with E-state index in [0.717, 1.165) is 22.3 Å². The smallest absolute Gasteiger partial charge is 0.260 e. The van der Waals surface area contributed by atoms with Gasteiger partial charge in [0.1, 0.15) is 13.2 Å². The van der Waals surface area contributed by atoms with Gasteiger partial charge in [-0.2, -0.15) is 5.10 Å². The number of rotatable bonds is 6. The van der Waals surface area contributed by atoms with Gasteiger partial charge in [-0.25, -0.2) is 9.67 Å². The van der Waals surface area contributed by atoms with Crippen molar-refractivity contribution >= 4 is 28.7 Å². The highest BCUT2D eigenvalue weighted by atomic mass is 16.6. The molecule has 0 N–H and O–H groups in total. The zero-order chi connectivity index (χ0) is 24.4. The van der Waals surface area contributed by atoms with E-state index in [1.54, 1.807) is 11.1 Å². The fraction of sp³-hybridized carbons (Fsp3) is 0.250. The lowest BCUT2D eigenvalue weighted by molar-refractivity contribution is 0.0988. The third kappa shape index (κ3) is 4.62. The average molecular weight is 469 g/mol. The molecule has 0 aliphatic carbocycles. The molecule has 0 fully saturated rings. The molecular formula is C28H28N4O3. The SMILES string of the molecule is Cc1nc2c(cnn2C(C)C)cc1C(=O)N(C/C=C/c1ccccc1)c1ccc2c(c1)OCCO2. The summed E-state index contributed by atoms with van der Waals surface area (Å²) < 4.78 is 13.3. The standard InChI is InChI=1S/C28H28N4O3/c1-19(2)32-27-22(18-29-32)16-24(20(3)30-27)28(33)31(13-7-10-21-8-5-4-6-9-21)23-11-12-25-26(17-23)35-15-14-34-25/h4-12,16-19H,13-15H2,1-3H3/b10-7+. The van der Waals surface area contributed by atoms with E-state index in [4.69, 9.17) is 14.5 Å². The van der Waals surface area contributed by atoms with Crippen LogP contribution in [0.2, 0.25) is 0 Å². The first-order chi connectivity index (χ1) is 17.0. The molecule has 7 nitrogen and oxygen atoms in total. The number of nitrogens with zero attached hydrogens (tertiary/aromatic N) is 4. The summed E-state index contributed by atoms with van der Waals surface area (Å²) in [5, 5.41) is 5.30. The number of benzene rings is 2. The first-order valence-electron chi connectivity index (χ1n) is 11.8. The van der Waals surface area contributed by atoms with Crippen LogP contribution in [0.15, 0.2) is 66.9 Å². The zero-order valence-corrected chi connectivity index (χ0v) is 20.1. The van der Waals surface area contributed by atoms with Crippen LogP contribution in [-0.2, 0) is 0 Å². The van der Waals surface area contributed by atoms with E-state index in [2.05, 4.69) is 18.9 Å². The molecule has 1 aliphatic heterocycles. The summed E-state index contributed by atoms with van der Waals surface area (Å²) in [6.45, 7) is 7.38. The topological polar surface area (TPSA) is 69.5 Å². The van der Waals surface area contributed by atoms with Crippen molar-refractivity contribution in [3.63, 3.8) is 0 Å². The van der Waals surface area contributed by atoms with Gasteiger partial charge in [0.05, 0.1) is 17.5 Å². The van der Waals surface area contributed by atoms with Gasteiger partial charge in [-0.1, -0.05) is 42.5 Å². The molecule has 1 amide bonds. The number of pyridine rings is 1.